The zero-order valence-electron chi connectivity index (χ0n) is 7.61. The lowest BCUT2D eigenvalue weighted by Gasteiger charge is -2.12. The third kappa shape index (κ3) is 3.68. The van der Waals surface area contributed by atoms with Gasteiger partial charge < -0.3 is 10.4 Å². The maximum absolute atomic E-state index is 9.26. The van der Waals surface area contributed by atoms with Gasteiger partial charge in [0.25, 0.3) is 0 Å². The molecule has 0 radical (unpaired) electrons. The van der Waals surface area contributed by atoms with Crippen LogP contribution in [0.25, 0.3) is 0 Å². The fourth-order valence-corrected chi connectivity index (χ4v) is 1.84. The molecule has 0 heterocycles. The number of nitrogens with one attached hydrogen (secondary N) is 1. The molecule has 0 spiro atoms. The molecule has 0 fully saturated rings. The third-order valence-corrected chi connectivity index (χ3v) is 4.09. The first-order chi connectivity index (χ1) is 7.06. The third-order valence-electron chi connectivity index (χ3n) is 1.74. The Hall–Kier alpha value is 0.330. The van der Waals surface area contributed by atoms with Gasteiger partial charge in [-0.2, -0.15) is 0 Å². The molecule has 0 aliphatic carbocycles. The molecule has 0 aromatic heterocycles. The van der Waals surface area contributed by atoms with Gasteiger partial charge in [0.05, 0.1) is 32.2 Å². The number of benzene rings is 1. The van der Waals surface area contributed by atoms with E-state index in [-0.39, 0.29) is 5.88 Å². The maximum Gasteiger partial charge on any atom is 0.0847 e. The van der Waals surface area contributed by atoms with Crippen molar-refractivity contribution in [3.8, 4) is 0 Å². The van der Waals surface area contributed by atoms with Crippen molar-refractivity contribution >= 4 is 56.4 Å². The van der Waals surface area contributed by atoms with Crippen molar-refractivity contribution in [1.82, 2.24) is 0 Å². The highest BCUT2D eigenvalue weighted by molar-refractivity contribution is 9.10. The topological polar surface area (TPSA) is 32.3 Å². The second-order valence-corrected chi connectivity index (χ2v) is 4.80. The highest BCUT2D eigenvalue weighted by atomic mass is 79.9. The van der Waals surface area contributed by atoms with Crippen LogP contribution < -0.4 is 5.32 Å². The van der Waals surface area contributed by atoms with Crippen molar-refractivity contribution in [3.63, 3.8) is 0 Å². The van der Waals surface area contributed by atoms with E-state index in [0.717, 1.165) is 0 Å². The van der Waals surface area contributed by atoms with Crippen LogP contribution in [0.5, 0.6) is 0 Å². The smallest absolute Gasteiger partial charge is 0.0847 e. The van der Waals surface area contributed by atoms with Crippen LogP contribution in [0.4, 0.5) is 5.69 Å². The maximum atomic E-state index is 9.26. The number of hydrogen-bond acceptors (Lipinski definition) is 2. The normalized spacial score (nSPS) is 12.6. The number of halogens is 4. The fourth-order valence-electron chi connectivity index (χ4n) is 0.945. The van der Waals surface area contributed by atoms with Crippen LogP contribution in [0.3, 0.4) is 0 Å². The Morgan fingerprint density at radius 1 is 1.40 bits per heavy atom. The summed E-state index contributed by atoms with van der Waals surface area (Å²) in [5.41, 5.74) is 0.706. The number of hydrogen-bond donors (Lipinski definition) is 2. The van der Waals surface area contributed by atoms with E-state index in [4.69, 9.17) is 34.8 Å². The van der Waals surface area contributed by atoms with Crippen LogP contribution in [0.1, 0.15) is 0 Å². The molecule has 1 aromatic carbocycles. The second-order valence-electron chi connectivity index (χ2n) is 2.91. The first-order valence-electron chi connectivity index (χ1n) is 4.17. The number of rotatable bonds is 4. The molecule has 1 atom stereocenters. The SMILES string of the molecule is OC(CCl)CNc1ccc(Cl)c(Br)c1Cl. The standard InChI is InChI=1S/C9H9BrCl3NO/c10-8-6(12)1-2-7(9(8)13)14-4-5(15)3-11/h1-2,5,14-15H,3-4H2. The van der Waals surface area contributed by atoms with E-state index in [1.54, 1.807) is 12.1 Å². The minimum Gasteiger partial charge on any atom is -0.390 e. The van der Waals surface area contributed by atoms with Crippen LogP contribution in [0.2, 0.25) is 10.0 Å². The summed E-state index contributed by atoms with van der Waals surface area (Å²) in [5.74, 6) is 0.180. The van der Waals surface area contributed by atoms with Crippen LogP contribution in [0.15, 0.2) is 16.6 Å². The second kappa shape index (κ2) is 6.16. The van der Waals surface area contributed by atoms with Gasteiger partial charge in [0.1, 0.15) is 0 Å². The molecule has 0 aliphatic heterocycles. The predicted octanol–water partition coefficient (Wildman–Crippen LogP) is 3.77. The summed E-state index contributed by atoms with van der Waals surface area (Å²) < 4.78 is 0.635. The van der Waals surface area contributed by atoms with E-state index in [9.17, 15) is 5.11 Å². The average Bonchev–Trinajstić information content (AvgIpc) is 2.24. The molecule has 2 N–H and O–H groups in total. The van der Waals surface area contributed by atoms with Crippen molar-refractivity contribution in [2.45, 2.75) is 6.10 Å². The van der Waals surface area contributed by atoms with Crippen molar-refractivity contribution in [2.75, 3.05) is 17.7 Å². The summed E-state index contributed by atoms with van der Waals surface area (Å²) >= 11 is 20.6. The highest BCUT2D eigenvalue weighted by Gasteiger charge is 2.09. The summed E-state index contributed by atoms with van der Waals surface area (Å²) in [4.78, 5) is 0. The van der Waals surface area contributed by atoms with Gasteiger partial charge in [0.15, 0.2) is 0 Å². The summed E-state index contributed by atoms with van der Waals surface area (Å²) in [6.45, 7) is 0.345. The molecule has 1 aromatic rings. The van der Waals surface area contributed by atoms with Crippen LogP contribution >= 0.6 is 50.7 Å². The first-order valence-corrected chi connectivity index (χ1v) is 6.26. The Bertz CT molecular complexity index is 348. The Labute approximate surface area is 112 Å². The number of aliphatic hydroxyl groups excluding tert-OH is 1. The van der Waals surface area contributed by atoms with Crippen LogP contribution in [0, 0.1) is 0 Å². The molecular formula is C9H9BrCl3NO. The zero-order valence-corrected chi connectivity index (χ0v) is 11.5. The lowest BCUT2D eigenvalue weighted by atomic mass is 10.3. The number of anilines is 1. The summed E-state index contributed by atoms with van der Waals surface area (Å²) in [6, 6.07) is 3.46. The molecule has 0 bridgehead atoms. The van der Waals surface area contributed by atoms with Crippen LogP contribution in [-0.4, -0.2) is 23.6 Å². The quantitative estimate of drug-likeness (QED) is 0.649. The number of aliphatic hydroxyl groups is 1. The van der Waals surface area contributed by atoms with Gasteiger partial charge in [-0.15, -0.1) is 11.6 Å². The lowest BCUT2D eigenvalue weighted by molar-refractivity contribution is 0.211. The van der Waals surface area contributed by atoms with Gasteiger partial charge in [-0.25, -0.2) is 0 Å². The zero-order chi connectivity index (χ0) is 11.4. The van der Waals surface area contributed by atoms with Crippen molar-refractivity contribution < 1.29 is 5.11 Å². The van der Waals surface area contributed by atoms with Crippen molar-refractivity contribution in [2.24, 2.45) is 0 Å². The molecule has 0 saturated heterocycles. The summed E-state index contributed by atoms with van der Waals surface area (Å²) in [7, 11) is 0. The molecule has 2 nitrogen and oxygen atoms in total. The lowest BCUT2D eigenvalue weighted by Crippen LogP contribution is -2.20. The van der Waals surface area contributed by atoms with Crippen molar-refractivity contribution in [3.05, 3.63) is 26.7 Å². The van der Waals surface area contributed by atoms with Crippen LogP contribution in [-0.2, 0) is 0 Å². The molecule has 1 rings (SSSR count). The molecule has 15 heavy (non-hydrogen) atoms. The van der Waals surface area contributed by atoms with Gasteiger partial charge in [0, 0.05) is 6.54 Å². The van der Waals surface area contributed by atoms with Gasteiger partial charge in [-0.3, -0.25) is 0 Å². The Kier molecular flexibility index (Phi) is 5.50. The minimum absolute atomic E-state index is 0.180. The molecule has 0 saturated carbocycles. The van der Waals surface area contributed by atoms with Gasteiger partial charge in [-0.05, 0) is 28.1 Å². The predicted molar refractivity (Wildman–Crippen MR) is 69.4 cm³/mol. The Morgan fingerprint density at radius 2 is 2.07 bits per heavy atom. The van der Waals surface area contributed by atoms with E-state index in [1.165, 1.54) is 0 Å². The summed E-state index contributed by atoms with van der Waals surface area (Å²) in [5, 5.41) is 13.3. The average molecular weight is 333 g/mol. The van der Waals surface area contributed by atoms with E-state index < -0.39 is 6.10 Å². The molecule has 0 amide bonds. The molecule has 84 valence electrons. The Balaban J connectivity index is 2.74. The largest absolute Gasteiger partial charge is 0.390 e. The van der Waals surface area contributed by atoms with Gasteiger partial charge in [0.2, 0.25) is 0 Å². The highest BCUT2D eigenvalue weighted by Crippen LogP contribution is 2.35. The fraction of sp³-hybridized carbons (Fsp3) is 0.333. The van der Waals surface area contributed by atoms with E-state index in [0.29, 0.717) is 26.8 Å². The number of alkyl halides is 1. The van der Waals surface area contributed by atoms with E-state index >= 15 is 0 Å². The minimum atomic E-state index is -0.600. The van der Waals surface area contributed by atoms with Crippen molar-refractivity contribution in [1.29, 1.82) is 0 Å². The van der Waals surface area contributed by atoms with Gasteiger partial charge >= 0.3 is 0 Å². The monoisotopic (exact) mass is 331 g/mol. The van der Waals surface area contributed by atoms with E-state index in [1.807, 2.05) is 0 Å². The molecule has 0 aliphatic rings. The van der Waals surface area contributed by atoms with E-state index in [2.05, 4.69) is 21.2 Å². The molecule has 1 unspecified atom stereocenters. The summed E-state index contributed by atoms with van der Waals surface area (Å²) in [6.07, 6.45) is -0.600. The molecular weight excluding hydrogens is 324 g/mol. The molecule has 6 heteroatoms. The van der Waals surface area contributed by atoms with Gasteiger partial charge in [-0.1, -0.05) is 23.2 Å². The Morgan fingerprint density at radius 3 is 2.67 bits per heavy atom. The first kappa shape index (κ1) is 13.4.